The first kappa shape index (κ1) is 25.5. The molecule has 0 atom stereocenters. The third kappa shape index (κ3) is 6.48. The largest absolute Gasteiger partial charge is 0.496 e. The summed E-state index contributed by atoms with van der Waals surface area (Å²) in [5, 5.41) is 7.54. The van der Waals surface area contributed by atoms with Gasteiger partial charge in [0.15, 0.2) is 17.5 Å². The average Bonchev–Trinajstić information content (AvgIpc) is 2.95. The van der Waals surface area contributed by atoms with Crippen LogP contribution in [-0.4, -0.2) is 38.4 Å². The van der Waals surface area contributed by atoms with Crippen molar-refractivity contribution < 1.29 is 14.2 Å². The normalized spacial score (nSPS) is 10.9. The van der Waals surface area contributed by atoms with Gasteiger partial charge in [0.1, 0.15) is 10.9 Å². The molecule has 0 spiro atoms. The van der Waals surface area contributed by atoms with Crippen LogP contribution in [0.1, 0.15) is 18.2 Å². The van der Waals surface area contributed by atoms with Gasteiger partial charge < -0.3 is 29.4 Å². The average molecular weight is 557 g/mol. The fourth-order valence-corrected chi connectivity index (χ4v) is 3.07. The standard InChI is InChI=1S/C19H26Cl2N4O3.HI/c1-6-22-19(24-11-13-8-14(20)18(21)25(13)2)23-10-12-7-16(27-4)17(28-5)9-15(12)26-3;/h7-9H,6,10-11H2,1-5H3,(H2,22,23,24);1H. The van der Waals surface area contributed by atoms with Crippen LogP contribution in [-0.2, 0) is 20.1 Å². The van der Waals surface area contributed by atoms with E-state index in [4.69, 9.17) is 37.4 Å². The molecule has 10 heteroatoms. The highest BCUT2D eigenvalue weighted by Crippen LogP contribution is 2.34. The number of nitrogens with zero attached hydrogens (tertiary/aromatic N) is 2. The van der Waals surface area contributed by atoms with Gasteiger partial charge in [0.25, 0.3) is 0 Å². The van der Waals surface area contributed by atoms with E-state index in [9.17, 15) is 0 Å². The molecule has 0 saturated heterocycles. The van der Waals surface area contributed by atoms with Crippen molar-refractivity contribution in [2.45, 2.75) is 20.0 Å². The van der Waals surface area contributed by atoms with Crippen molar-refractivity contribution in [3.05, 3.63) is 39.6 Å². The molecule has 0 aliphatic rings. The maximum absolute atomic E-state index is 6.12. The van der Waals surface area contributed by atoms with E-state index in [0.717, 1.165) is 17.8 Å². The Morgan fingerprint density at radius 1 is 1.00 bits per heavy atom. The number of aromatic nitrogens is 1. The lowest BCUT2D eigenvalue weighted by Crippen LogP contribution is -2.37. The van der Waals surface area contributed by atoms with E-state index in [1.54, 1.807) is 27.4 Å². The summed E-state index contributed by atoms with van der Waals surface area (Å²) in [5.41, 5.74) is 1.83. The van der Waals surface area contributed by atoms with Gasteiger partial charge in [-0.25, -0.2) is 4.99 Å². The van der Waals surface area contributed by atoms with E-state index in [0.29, 0.717) is 46.5 Å². The van der Waals surface area contributed by atoms with Crippen molar-refractivity contribution in [3.8, 4) is 17.2 Å². The molecule has 1 heterocycles. The number of halogens is 3. The fourth-order valence-electron chi connectivity index (χ4n) is 2.65. The minimum Gasteiger partial charge on any atom is -0.496 e. The van der Waals surface area contributed by atoms with Gasteiger partial charge in [-0.15, -0.1) is 24.0 Å². The minimum atomic E-state index is 0. The Hall–Kier alpha value is -1.52. The van der Waals surface area contributed by atoms with Crippen molar-refractivity contribution in [3.63, 3.8) is 0 Å². The topological polar surface area (TPSA) is 69.0 Å². The monoisotopic (exact) mass is 556 g/mol. The number of methoxy groups -OCH3 is 3. The van der Waals surface area contributed by atoms with Crippen LogP contribution in [0.25, 0.3) is 0 Å². The Balaban J connectivity index is 0.00000420. The zero-order chi connectivity index (χ0) is 20.7. The second kappa shape index (κ2) is 12.2. The zero-order valence-corrected chi connectivity index (χ0v) is 21.0. The SMILES string of the molecule is CCNC(=NCc1cc(OC)c(OC)cc1OC)NCc1cc(Cl)c(Cl)n1C.I. The van der Waals surface area contributed by atoms with Gasteiger partial charge in [0.05, 0.1) is 39.4 Å². The fraction of sp³-hybridized carbons (Fsp3) is 0.421. The molecular formula is C19H27Cl2IN4O3. The molecule has 0 bridgehead atoms. The van der Waals surface area contributed by atoms with Crippen LogP contribution >= 0.6 is 47.2 Å². The highest BCUT2D eigenvalue weighted by molar-refractivity contribution is 14.0. The number of hydrogen-bond donors (Lipinski definition) is 2. The first-order valence-electron chi connectivity index (χ1n) is 8.75. The summed E-state index contributed by atoms with van der Waals surface area (Å²) in [4.78, 5) is 4.64. The molecule has 7 nitrogen and oxygen atoms in total. The quantitative estimate of drug-likeness (QED) is 0.289. The molecule has 2 N–H and O–H groups in total. The van der Waals surface area contributed by atoms with Crippen molar-refractivity contribution in [1.82, 2.24) is 15.2 Å². The number of hydrogen-bond acceptors (Lipinski definition) is 4. The molecule has 2 rings (SSSR count). The molecule has 0 unspecified atom stereocenters. The van der Waals surface area contributed by atoms with Crippen LogP contribution < -0.4 is 24.8 Å². The summed E-state index contributed by atoms with van der Waals surface area (Å²) < 4.78 is 18.0. The van der Waals surface area contributed by atoms with Crippen molar-refractivity contribution in [2.75, 3.05) is 27.9 Å². The number of rotatable bonds is 8. The molecule has 0 radical (unpaired) electrons. The highest BCUT2D eigenvalue weighted by atomic mass is 127. The Morgan fingerprint density at radius 3 is 2.14 bits per heavy atom. The van der Waals surface area contributed by atoms with Gasteiger partial charge in [-0.2, -0.15) is 0 Å². The molecule has 0 amide bonds. The number of ether oxygens (including phenoxy) is 3. The molecular weight excluding hydrogens is 530 g/mol. The van der Waals surface area contributed by atoms with Crippen molar-refractivity contribution >= 4 is 53.1 Å². The highest BCUT2D eigenvalue weighted by Gasteiger charge is 2.12. The molecule has 1 aromatic heterocycles. The van der Waals surface area contributed by atoms with Crippen LogP contribution in [0.2, 0.25) is 10.2 Å². The van der Waals surface area contributed by atoms with Crippen LogP contribution in [0.3, 0.4) is 0 Å². The molecule has 0 aliphatic carbocycles. The molecule has 0 fully saturated rings. The number of aliphatic imine (C=N–C) groups is 1. The second-order valence-electron chi connectivity index (χ2n) is 5.90. The van der Waals surface area contributed by atoms with E-state index < -0.39 is 0 Å². The lowest BCUT2D eigenvalue weighted by atomic mass is 10.1. The summed E-state index contributed by atoms with van der Waals surface area (Å²) in [6.45, 7) is 3.65. The zero-order valence-electron chi connectivity index (χ0n) is 17.1. The Bertz CT molecular complexity index is 843. The van der Waals surface area contributed by atoms with E-state index in [1.165, 1.54) is 0 Å². The van der Waals surface area contributed by atoms with E-state index in [1.807, 2.05) is 30.7 Å². The minimum absolute atomic E-state index is 0. The van der Waals surface area contributed by atoms with Gasteiger partial charge in [-0.1, -0.05) is 23.2 Å². The number of benzene rings is 1. The second-order valence-corrected chi connectivity index (χ2v) is 6.67. The smallest absolute Gasteiger partial charge is 0.191 e. The predicted octanol–water partition coefficient (Wildman–Crippen LogP) is 4.23. The lowest BCUT2D eigenvalue weighted by Gasteiger charge is -2.15. The Kier molecular flexibility index (Phi) is 10.8. The Labute approximate surface area is 198 Å². The lowest BCUT2D eigenvalue weighted by molar-refractivity contribution is 0.347. The summed E-state index contributed by atoms with van der Waals surface area (Å²) in [7, 11) is 6.66. The van der Waals surface area contributed by atoms with Gasteiger partial charge in [-0.3, -0.25) is 0 Å². The number of nitrogens with one attached hydrogen (secondary N) is 2. The summed E-state index contributed by atoms with van der Waals surface area (Å²) in [5.74, 6) is 2.57. The molecule has 0 aliphatic heterocycles. The third-order valence-electron chi connectivity index (χ3n) is 4.19. The van der Waals surface area contributed by atoms with Crippen LogP contribution in [0.4, 0.5) is 0 Å². The number of guanidine groups is 1. The molecule has 29 heavy (non-hydrogen) atoms. The van der Waals surface area contributed by atoms with E-state index in [-0.39, 0.29) is 24.0 Å². The maximum Gasteiger partial charge on any atom is 0.191 e. The van der Waals surface area contributed by atoms with Crippen molar-refractivity contribution in [2.24, 2.45) is 12.0 Å². The van der Waals surface area contributed by atoms with Crippen LogP contribution in [0, 0.1) is 0 Å². The van der Waals surface area contributed by atoms with Gasteiger partial charge >= 0.3 is 0 Å². The molecule has 162 valence electrons. The van der Waals surface area contributed by atoms with Gasteiger partial charge in [-0.05, 0) is 19.1 Å². The first-order chi connectivity index (χ1) is 13.4. The van der Waals surface area contributed by atoms with E-state index in [2.05, 4.69) is 15.6 Å². The first-order valence-corrected chi connectivity index (χ1v) is 9.51. The summed E-state index contributed by atoms with van der Waals surface area (Å²) in [6.07, 6.45) is 0. The molecule has 2 aromatic rings. The van der Waals surface area contributed by atoms with E-state index >= 15 is 0 Å². The molecule has 0 saturated carbocycles. The van der Waals surface area contributed by atoms with Gasteiger partial charge in [0.2, 0.25) is 0 Å². The van der Waals surface area contributed by atoms with Crippen molar-refractivity contribution in [1.29, 1.82) is 0 Å². The third-order valence-corrected chi connectivity index (χ3v) is 5.03. The maximum atomic E-state index is 6.12. The predicted molar refractivity (Wildman–Crippen MR) is 129 cm³/mol. The Morgan fingerprint density at radius 2 is 1.62 bits per heavy atom. The van der Waals surface area contributed by atoms with Crippen LogP contribution in [0.5, 0.6) is 17.2 Å². The summed E-state index contributed by atoms with van der Waals surface area (Å²) >= 11 is 12.2. The molecule has 1 aromatic carbocycles. The summed E-state index contributed by atoms with van der Waals surface area (Å²) in [6, 6.07) is 5.48. The van der Waals surface area contributed by atoms with Crippen LogP contribution in [0.15, 0.2) is 23.2 Å². The van der Waals surface area contributed by atoms with Gasteiger partial charge in [0, 0.05) is 30.9 Å².